The SMILES string of the molecule is CC12CC(O)C3=C(CCC4CCC(O)CC4=C3)C1CC=C2c1ccc2[nH]nc(N)c2c1. The van der Waals surface area contributed by atoms with E-state index in [-0.39, 0.29) is 11.5 Å². The van der Waals surface area contributed by atoms with Gasteiger partial charge < -0.3 is 15.9 Å². The number of benzene rings is 1. The van der Waals surface area contributed by atoms with Crippen molar-refractivity contribution in [1.29, 1.82) is 0 Å². The fraction of sp³-hybridized carbons (Fsp3) is 0.500. The molecule has 1 saturated carbocycles. The second-order valence-electron chi connectivity index (χ2n) is 10.3. The van der Waals surface area contributed by atoms with Crippen molar-refractivity contribution in [1.82, 2.24) is 10.2 Å². The maximum atomic E-state index is 11.3. The van der Waals surface area contributed by atoms with Crippen LogP contribution in [-0.2, 0) is 0 Å². The molecule has 1 heterocycles. The molecule has 5 N–H and O–H groups in total. The number of nitrogen functional groups attached to an aromatic ring is 1. The molecule has 0 spiro atoms. The monoisotopic (exact) mass is 417 g/mol. The smallest absolute Gasteiger partial charge is 0.153 e. The van der Waals surface area contributed by atoms with Crippen LogP contribution >= 0.6 is 0 Å². The Labute approximate surface area is 182 Å². The second kappa shape index (κ2) is 6.81. The predicted molar refractivity (Wildman–Crippen MR) is 123 cm³/mol. The van der Waals surface area contributed by atoms with Crippen LogP contribution in [0.5, 0.6) is 0 Å². The molecule has 4 aliphatic rings. The van der Waals surface area contributed by atoms with Gasteiger partial charge in [0, 0.05) is 10.8 Å². The van der Waals surface area contributed by atoms with Gasteiger partial charge in [-0.3, -0.25) is 5.10 Å². The number of fused-ring (bicyclic) bond motifs is 4. The average Bonchev–Trinajstić information content (AvgIpc) is 3.21. The molecule has 5 unspecified atom stereocenters. The van der Waals surface area contributed by atoms with Crippen LogP contribution in [-0.4, -0.2) is 32.6 Å². The number of nitrogens with two attached hydrogens (primary N) is 1. The Hall–Kier alpha value is -2.37. The molecule has 5 atom stereocenters. The van der Waals surface area contributed by atoms with E-state index < -0.39 is 6.10 Å². The van der Waals surface area contributed by atoms with Crippen molar-refractivity contribution in [3.05, 3.63) is 52.6 Å². The van der Waals surface area contributed by atoms with Crippen LogP contribution in [0.3, 0.4) is 0 Å². The summed E-state index contributed by atoms with van der Waals surface area (Å²) in [7, 11) is 0. The Balaban J connectivity index is 1.39. The first-order valence-corrected chi connectivity index (χ1v) is 11.7. The molecule has 1 fully saturated rings. The minimum atomic E-state index is -0.453. The highest BCUT2D eigenvalue weighted by molar-refractivity contribution is 5.92. The first kappa shape index (κ1) is 19.3. The van der Waals surface area contributed by atoms with E-state index in [1.807, 2.05) is 0 Å². The molecular weight excluding hydrogens is 386 g/mol. The molecule has 1 aromatic carbocycles. The van der Waals surface area contributed by atoms with E-state index in [0.29, 0.717) is 17.7 Å². The van der Waals surface area contributed by atoms with Crippen LogP contribution < -0.4 is 5.73 Å². The van der Waals surface area contributed by atoms with Crippen molar-refractivity contribution in [2.24, 2.45) is 17.3 Å². The number of hydrogen-bond donors (Lipinski definition) is 4. The molecule has 31 heavy (non-hydrogen) atoms. The van der Waals surface area contributed by atoms with Crippen molar-refractivity contribution in [2.75, 3.05) is 5.73 Å². The molecule has 0 bridgehead atoms. The van der Waals surface area contributed by atoms with Crippen molar-refractivity contribution in [3.8, 4) is 0 Å². The maximum absolute atomic E-state index is 11.3. The van der Waals surface area contributed by atoms with Crippen LogP contribution in [0.1, 0.15) is 57.4 Å². The lowest BCUT2D eigenvalue weighted by Gasteiger charge is -2.43. The van der Waals surface area contributed by atoms with E-state index in [4.69, 9.17) is 5.73 Å². The van der Waals surface area contributed by atoms with Gasteiger partial charge in [0.2, 0.25) is 0 Å². The largest absolute Gasteiger partial charge is 0.393 e. The Bertz CT molecular complexity index is 1160. The third kappa shape index (κ3) is 2.86. The van der Waals surface area contributed by atoms with Gasteiger partial charge in [0.1, 0.15) is 0 Å². The lowest BCUT2D eigenvalue weighted by atomic mass is 9.61. The van der Waals surface area contributed by atoms with Gasteiger partial charge in [0.15, 0.2) is 5.82 Å². The Morgan fingerprint density at radius 1 is 1.19 bits per heavy atom. The molecule has 162 valence electrons. The number of anilines is 1. The van der Waals surface area contributed by atoms with Crippen LogP contribution in [0.2, 0.25) is 0 Å². The van der Waals surface area contributed by atoms with Gasteiger partial charge in [0.05, 0.1) is 17.7 Å². The first-order valence-electron chi connectivity index (χ1n) is 11.7. The molecule has 0 saturated heterocycles. The fourth-order valence-electron chi connectivity index (χ4n) is 6.94. The topological polar surface area (TPSA) is 95.2 Å². The number of aromatic nitrogens is 2. The zero-order valence-corrected chi connectivity index (χ0v) is 18.1. The second-order valence-corrected chi connectivity index (χ2v) is 10.3. The van der Waals surface area contributed by atoms with E-state index in [9.17, 15) is 10.2 Å². The van der Waals surface area contributed by atoms with Gasteiger partial charge in [0.25, 0.3) is 0 Å². The number of aromatic amines is 1. The Kier molecular flexibility index (Phi) is 4.25. The summed E-state index contributed by atoms with van der Waals surface area (Å²) in [5.41, 5.74) is 13.4. The lowest BCUT2D eigenvalue weighted by Crippen LogP contribution is -2.37. The van der Waals surface area contributed by atoms with Crippen molar-refractivity contribution < 1.29 is 10.2 Å². The minimum absolute atomic E-state index is 0.0854. The zero-order chi connectivity index (χ0) is 21.3. The zero-order valence-electron chi connectivity index (χ0n) is 18.1. The van der Waals surface area contributed by atoms with Gasteiger partial charge in [-0.2, -0.15) is 5.10 Å². The maximum Gasteiger partial charge on any atom is 0.153 e. The van der Waals surface area contributed by atoms with Gasteiger partial charge >= 0.3 is 0 Å². The molecule has 0 radical (unpaired) electrons. The highest BCUT2D eigenvalue weighted by Crippen LogP contribution is 2.59. The van der Waals surface area contributed by atoms with Gasteiger partial charge in [-0.15, -0.1) is 0 Å². The normalized spacial score (nSPS) is 35.2. The van der Waals surface area contributed by atoms with Gasteiger partial charge in [-0.05, 0) is 85.6 Å². The van der Waals surface area contributed by atoms with Crippen LogP contribution in [0.25, 0.3) is 16.5 Å². The Morgan fingerprint density at radius 2 is 2.06 bits per heavy atom. The molecule has 0 aliphatic heterocycles. The molecule has 6 rings (SSSR count). The van der Waals surface area contributed by atoms with Crippen LogP contribution in [0.4, 0.5) is 5.82 Å². The highest BCUT2D eigenvalue weighted by Gasteiger charge is 2.49. The number of nitrogens with zero attached hydrogens (tertiary/aromatic N) is 1. The van der Waals surface area contributed by atoms with E-state index in [0.717, 1.165) is 61.4 Å². The van der Waals surface area contributed by atoms with Crippen molar-refractivity contribution >= 4 is 22.3 Å². The molecule has 5 heteroatoms. The summed E-state index contributed by atoms with van der Waals surface area (Å²) < 4.78 is 0. The third-order valence-electron chi connectivity index (χ3n) is 8.56. The lowest BCUT2D eigenvalue weighted by molar-refractivity contribution is 0.124. The fourth-order valence-corrected chi connectivity index (χ4v) is 6.94. The van der Waals surface area contributed by atoms with Crippen molar-refractivity contribution in [3.63, 3.8) is 0 Å². The van der Waals surface area contributed by atoms with Gasteiger partial charge in [-0.1, -0.05) is 36.3 Å². The number of rotatable bonds is 1. The van der Waals surface area contributed by atoms with Gasteiger partial charge in [-0.25, -0.2) is 0 Å². The van der Waals surface area contributed by atoms with Crippen LogP contribution in [0.15, 0.2) is 47.1 Å². The number of aliphatic hydroxyl groups is 2. The molecule has 0 amide bonds. The molecule has 4 aliphatic carbocycles. The van der Waals surface area contributed by atoms with Crippen LogP contribution in [0, 0.1) is 17.3 Å². The summed E-state index contributed by atoms with van der Waals surface area (Å²) in [6.45, 7) is 2.33. The summed E-state index contributed by atoms with van der Waals surface area (Å²) >= 11 is 0. The summed E-state index contributed by atoms with van der Waals surface area (Å²) in [5, 5.41) is 29.6. The number of nitrogens with one attached hydrogen (secondary N) is 1. The Morgan fingerprint density at radius 3 is 2.94 bits per heavy atom. The number of aliphatic hydroxyl groups excluding tert-OH is 2. The number of allylic oxidation sites excluding steroid dienone is 3. The first-order chi connectivity index (χ1) is 14.9. The predicted octanol–water partition coefficient (Wildman–Crippen LogP) is 4.50. The van der Waals surface area contributed by atoms with E-state index in [2.05, 4.69) is 47.5 Å². The third-order valence-corrected chi connectivity index (χ3v) is 8.56. The minimum Gasteiger partial charge on any atom is -0.393 e. The number of hydrogen-bond acceptors (Lipinski definition) is 4. The summed E-state index contributed by atoms with van der Waals surface area (Å²) in [6.07, 6.45) is 10.7. The van der Waals surface area contributed by atoms with Crippen molar-refractivity contribution in [2.45, 2.75) is 64.1 Å². The summed E-state index contributed by atoms with van der Waals surface area (Å²) in [4.78, 5) is 0. The standard InChI is InChI=1S/C26H31N3O2/c1-26-13-24(31)19-12-16-10-17(30)5-2-14(16)3-6-18(19)22(26)8-7-21(26)15-4-9-23-20(11-15)25(27)29-28-23/h4,7,9,11-12,14,17,22,24,30-31H,2-3,5-6,8,10,13H2,1H3,(H3,27,28,29). The van der Waals surface area contributed by atoms with E-state index >= 15 is 0 Å². The average molecular weight is 418 g/mol. The highest BCUT2D eigenvalue weighted by atomic mass is 16.3. The van der Waals surface area contributed by atoms with E-state index in [1.54, 1.807) is 0 Å². The molecule has 2 aromatic rings. The molecular formula is C26H31N3O2. The number of H-pyrrole nitrogens is 1. The summed E-state index contributed by atoms with van der Waals surface area (Å²) in [6, 6.07) is 6.36. The molecule has 5 nitrogen and oxygen atoms in total. The summed E-state index contributed by atoms with van der Waals surface area (Å²) in [5.74, 6) is 1.53. The quantitative estimate of drug-likeness (QED) is 0.549. The molecule has 1 aromatic heterocycles. The van der Waals surface area contributed by atoms with E-state index in [1.165, 1.54) is 22.3 Å².